The minimum atomic E-state index is -0.373. The topological polar surface area (TPSA) is 99.4 Å². The van der Waals surface area contributed by atoms with E-state index in [1.54, 1.807) is 23.6 Å². The molecule has 1 aliphatic rings. The number of rotatable bonds is 7. The molecule has 1 aromatic carbocycles. The van der Waals surface area contributed by atoms with E-state index in [4.69, 9.17) is 21.7 Å². The van der Waals surface area contributed by atoms with Crippen molar-refractivity contribution >= 4 is 41.6 Å². The summed E-state index contributed by atoms with van der Waals surface area (Å²) >= 11 is 6.06. The van der Waals surface area contributed by atoms with Crippen LogP contribution in [0, 0.1) is 5.41 Å². The van der Waals surface area contributed by atoms with Crippen LogP contribution in [0.2, 0.25) is 0 Å². The van der Waals surface area contributed by atoms with Crippen molar-refractivity contribution < 1.29 is 19.8 Å². The highest BCUT2D eigenvalue weighted by Crippen LogP contribution is 2.23. The highest BCUT2D eigenvalue weighted by Gasteiger charge is 2.29. The fourth-order valence-corrected chi connectivity index (χ4v) is 3.25. The molecule has 26 heavy (non-hydrogen) atoms. The first kappa shape index (κ1) is 20.1. The number of quaternary nitrogens is 1. The van der Waals surface area contributed by atoms with Gasteiger partial charge < -0.3 is 15.0 Å². The van der Waals surface area contributed by atoms with Crippen molar-refractivity contribution in [2.24, 2.45) is 5.10 Å². The first-order valence-electron chi connectivity index (χ1n) is 8.55. The SMILES string of the molecule is CC(=O)OCc1ccc([NH2+]/N=C\C=N)c(C(=O)N2CCCC[C@H]2CCl)c1. The van der Waals surface area contributed by atoms with Gasteiger partial charge in [-0.2, -0.15) is 5.43 Å². The van der Waals surface area contributed by atoms with E-state index in [0.717, 1.165) is 31.0 Å². The third-order valence-corrected chi connectivity index (χ3v) is 4.59. The Balaban J connectivity index is 2.31. The minimum Gasteiger partial charge on any atom is -0.461 e. The van der Waals surface area contributed by atoms with Gasteiger partial charge in [-0.15, -0.1) is 11.6 Å². The summed E-state index contributed by atoms with van der Waals surface area (Å²) in [6, 6.07) is 5.32. The molecule has 1 fully saturated rings. The largest absolute Gasteiger partial charge is 0.461 e. The number of likely N-dealkylation sites (tertiary alicyclic amines) is 1. The van der Waals surface area contributed by atoms with E-state index < -0.39 is 0 Å². The third-order valence-electron chi connectivity index (χ3n) is 4.23. The molecule has 3 N–H and O–H groups in total. The lowest BCUT2D eigenvalue weighted by Gasteiger charge is -2.34. The molecular weight excluding hydrogens is 356 g/mol. The molecule has 1 aliphatic heterocycles. The predicted octanol–water partition coefficient (Wildman–Crippen LogP) is 1.81. The molecule has 1 amide bonds. The molecule has 1 aromatic rings. The van der Waals surface area contributed by atoms with Crippen molar-refractivity contribution in [2.45, 2.75) is 38.8 Å². The lowest BCUT2D eigenvalue weighted by molar-refractivity contribution is -0.577. The summed E-state index contributed by atoms with van der Waals surface area (Å²) < 4.78 is 5.03. The van der Waals surface area contributed by atoms with Crippen molar-refractivity contribution in [1.82, 2.24) is 4.90 Å². The number of nitrogens with zero attached hydrogens (tertiary/aromatic N) is 2. The molecule has 8 heteroatoms. The standard InChI is InChI=1S/C18H23ClN4O3/c1-13(24)26-12-14-5-6-17(22-21-8-7-20)16(10-14)18(25)23-9-3-2-4-15(23)11-19/h5-8,10,15,20,22H,2-4,9,11-12H2,1H3/p+1/b20-7?,21-8-/t15-/m0/s1. The molecule has 0 aromatic heterocycles. The highest BCUT2D eigenvalue weighted by atomic mass is 35.5. The number of carbonyl (C=O) groups excluding carboxylic acids is 2. The Morgan fingerprint density at radius 2 is 2.27 bits per heavy atom. The van der Waals surface area contributed by atoms with Crippen molar-refractivity contribution in [2.75, 3.05) is 12.4 Å². The van der Waals surface area contributed by atoms with Crippen molar-refractivity contribution in [3.05, 3.63) is 29.3 Å². The zero-order valence-corrected chi connectivity index (χ0v) is 15.5. The van der Waals surface area contributed by atoms with Crippen LogP contribution in [0.3, 0.4) is 0 Å². The van der Waals surface area contributed by atoms with E-state index in [2.05, 4.69) is 5.10 Å². The van der Waals surface area contributed by atoms with Gasteiger partial charge in [0.2, 0.25) is 0 Å². The van der Waals surface area contributed by atoms with Gasteiger partial charge in [-0.1, -0.05) is 5.10 Å². The lowest BCUT2D eigenvalue weighted by Crippen LogP contribution is -2.72. The Hall–Kier alpha value is -2.25. The second kappa shape index (κ2) is 10.0. The van der Waals surface area contributed by atoms with Crippen LogP contribution < -0.4 is 5.43 Å². The number of alkyl halides is 1. The molecule has 1 saturated heterocycles. The number of piperidine rings is 1. The summed E-state index contributed by atoms with van der Waals surface area (Å²) in [7, 11) is 0. The Morgan fingerprint density at radius 3 is 2.96 bits per heavy atom. The Labute approximate surface area is 157 Å². The number of halogens is 1. The van der Waals surface area contributed by atoms with Crippen LogP contribution in [0.5, 0.6) is 0 Å². The zero-order chi connectivity index (χ0) is 18.9. The van der Waals surface area contributed by atoms with Crippen LogP contribution >= 0.6 is 11.6 Å². The first-order valence-corrected chi connectivity index (χ1v) is 9.09. The molecule has 0 aliphatic carbocycles. The van der Waals surface area contributed by atoms with Crippen molar-refractivity contribution in [3.63, 3.8) is 0 Å². The maximum absolute atomic E-state index is 13.2. The van der Waals surface area contributed by atoms with E-state index in [1.807, 2.05) is 4.90 Å². The average molecular weight is 380 g/mol. The zero-order valence-electron chi connectivity index (χ0n) is 14.8. The van der Waals surface area contributed by atoms with Crippen LogP contribution in [0.1, 0.15) is 42.1 Å². The number of nitrogens with two attached hydrogens (primary N) is 1. The summed E-state index contributed by atoms with van der Waals surface area (Å²) in [6.45, 7) is 2.13. The summed E-state index contributed by atoms with van der Waals surface area (Å²) in [4.78, 5) is 26.0. The third kappa shape index (κ3) is 5.37. The molecule has 0 saturated carbocycles. The van der Waals surface area contributed by atoms with Crippen LogP contribution in [-0.4, -0.2) is 47.7 Å². The molecule has 0 radical (unpaired) electrons. The van der Waals surface area contributed by atoms with Gasteiger partial charge >= 0.3 is 5.97 Å². The molecule has 2 rings (SSSR count). The molecule has 140 valence electrons. The van der Waals surface area contributed by atoms with Gasteiger partial charge in [-0.3, -0.25) is 9.59 Å². The first-order chi connectivity index (χ1) is 12.6. The number of esters is 1. The number of ether oxygens (including phenoxy) is 1. The summed E-state index contributed by atoms with van der Waals surface area (Å²) in [6.07, 6.45) is 5.33. The fraction of sp³-hybridized carbons (Fsp3) is 0.444. The molecular formula is C18H24ClN4O3+. The second-order valence-electron chi connectivity index (χ2n) is 6.10. The quantitative estimate of drug-likeness (QED) is 0.189. The monoisotopic (exact) mass is 379 g/mol. The molecule has 0 unspecified atom stereocenters. The number of benzene rings is 1. The lowest BCUT2D eigenvalue weighted by atomic mass is 10.0. The van der Waals surface area contributed by atoms with E-state index in [1.165, 1.54) is 13.1 Å². The molecule has 1 atom stereocenters. The minimum absolute atomic E-state index is 0.0213. The van der Waals surface area contributed by atoms with Gasteiger partial charge in [0.15, 0.2) is 5.69 Å². The Bertz CT molecular complexity index is 693. The normalized spacial score (nSPS) is 17.3. The molecule has 1 heterocycles. The number of amides is 1. The molecule has 7 nitrogen and oxygen atoms in total. The molecule has 0 bridgehead atoms. The van der Waals surface area contributed by atoms with Crippen LogP contribution in [0.15, 0.2) is 23.3 Å². The van der Waals surface area contributed by atoms with Gasteiger partial charge in [0.05, 0.1) is 0 Å². The molecule has 0 spiro atoms. The second-order valence-corrected chi connectivity index (χ2v) is 6.41. The smallest absolute Gasteiger partial charge is 0.302 e. The van der Waals surface area contributed by atoms with Crippen LogP contribution in [0.4, 0.5) is 5.69 Å². The highest BCUT2D eigenvalue weighted by molar-refractivity contribution is 6.18. The van der Waals surface area contributed by atoms with Gasteiger partial charge in [-0.25, -0.2) is 0 Å². The Morgan fingerprint density at radius 1 is 1.46 bits per heavy atom. The summed E-state index contributed by atoms with van der Waals surface area (Å²) in [5.74, 6) is -0.0668. The fourth-order valence-electron chi connectivity index (χ4n) is 2.93. The van der Waals surface area contributed by atoms with Gasteiger partial charge in [0.25, 0.3) is 5.91 Å². The van der Waals surface area contributed by atoms with E-state index in [-0.39, 0.29) is 24.5 Å². The van der Waals surface area contributed by atoms with E-state index in [9.17, 15) is 9.59 Å². The number of carbonyl (C=O) groups is 2. The maximum atomic E-state index is 13.2. The van der Waals surface area contributed by atoms with E-state index >= 15 is 0 Å². The van der Waals surface area contributed by atoms with Gasteiger partial charge in [0, 0.05) is 37.7 Å². The van der Waals surface area contributed by atoms with Gasteiger partial charge in [0.1, 0.15) is 18.4 Å². The predicted molar refractivity (Wildman–Crippen MR) is 100 cm³/mol. The number of hydrogen-bond acceptors (Lipinski definition) is 5. The average Bonchev–Trinajstić information content (AvgIpc) is 2.66. The maximum Gasteiger partial charge on any atom is 0.302 e. The van der Waals surface area contributed by atoms with Crippen molar-refractivity contribution in [3.8, 4) is 0 Å². The van der Waals surface area contributed by atoms with Crippen molar-refractivity contribution in [1.29, 1.82) is 5.41 Å². The van der Waals surface area contributed by atoms with E-state index in [0.29, 0.717) is 23.7 Å². The number of nitrogens with one attached hydrogen (secondary N) is 1. The van der Waals surface area contributed by atoms with Gasteiger partial charge in [-0.05, 0) is 37.0 Å². The Kier molecular flexibility index (Phi) is 7.74. The number of hydrogen-bond donors (Lipinski definition) is 2. The summed E-state index contributed by atoms with van der Waals surface area (Å²) in [5.41, 5.74) is 3.43. The van der Waals surface area contributed by atoms with Crippen LogP contribution in [-0.2, 0) is 16.1 Å². The summed E-state index contributed by atoms with van der Waals surface area (Å²) in [5, 5.41) is 11.0. The van der Waals surface area contributed by atoms with Crippen LogP contribution in [0.25, 0.3) is 0 Å².